The number of carbonyl (C=O) groups excluding carboxylic acids is 2. The van der Waals surface area contributed by atoms with Crippen molar-refractivity contribution in [3.8, 4) is 11.5 Å². The summed E-state index contributed by atoms with van der Waals surface area (Å²) >= 11 is 5.93. The fourth-order valence-corrected chi connectivity index (χ4v) is 4.06. The van der Waals surface area contributed by atoms with Crippen molar-refractivity contribution in [2.24, 2.45) is 5.92 Å². The van der Waals surface area contributed by atoms with Gasteiger partial charge in [0, 0.05) is 29.4 Å². The molecule has 1 heterocycles. The first kappa shape index (κ1) is 22.9. The van der Waals surface area contributed by atoms with Gasteiger partial charge in [-0.15, -0.1) is 0 Å². The van der Waals surface area contributed by atoms with Gasteiger partial charge in [0.2, 0.25) is 11.8 Å². The van der Waals surface area contributed by atoms with Crippen LogP contribution in [0, 0.1) is 12.8 Å². The molecule has 1 atom stereocenters. The van der Waals surface area contributed by atoms with E-state index < -0.39 is 5.92 Å². The summed E-state index contributed by atoms with van der Waals surface area (Å²) in [5.41, 5.74) is 3.70. The third-order valence-corrected chi connectivity index (χ3v) is 6.03. The Morgan fingerprint density at radius 2 is 1.76 bits per heavy atom. The number of hydrogen-bond acceptors (Lipinski definition) is 3. The lowest BCUT2D eigenvalue weighted by atomic mass is 10.0. The molecule has 4 rings (SSSR count). The molecule has 3 aromatic rings. The van der Waals surface area contributed by atoms with Crippen molar-refractivity contribution in [3.05, 3.63) is 82.9 Å². The highest BCUT2D eigenvalue weighted by molar-refractivity contribution is 6.30. The van der Waals surface area contributed by atoms with Crippen molar-refractivity contribution in [1.82, 2.24) is 0 Å². The van der Waals surface area contributed by atoms with Gasteiger partial charge in [0.15, 0.2) is 0 Å². The zero-order chi connectivity index (χ0) is 23.5. The minimum Gasteiger partial charge on any atom is -0.457 e. The van der Waals surface area contributed by atoms with Crippen LogP contribution in [0.25, 0.3) is 0 Å². The predicted molar refractivity (Wildman–Crippen MR) is 132 cm³/mol. The van der Waals surface area contributed by atoms with Crippen LogP contribution in [0.2, 0.25) is 5.02 Å². The Balaban J connectivity index is 1.39. The van der Waals surface area contributed by atoms with Crippen LogP contribution in [0.5, 0.6) is 11.5 Å². The minimum absolute atomic E-state index is 0.0691. The molecule has 1 fully saturated rings. The highest BCUT2D eigenvalue weighted by Gasteiger charge is 2.35. The molecule has 170 valence electrons. The second kappa shape index (κ2) is 9.67. The third-order valence-electron chi connectivity index (χ3n) is 5.77. The largest absolute Gasteiger partial charge is 0.457 e. The molecule has 0 spiro atoms. The molecule has 33 heavy (non-hydrogen) atoms. The summed E-state index contributed by atoms with van der Waals surface area (Å²) in [6, 6.07) is 20.6. The van der Waals surface area contributed by atoms with Crippen LogP contribution >= 0.6 is 11.6 Å². The zero-order valence-electron chi connectivity index (χ0n) is 19.0. The van der Waals surface area contributed by atoms with E-state index in [2.05, 4.69) is 31.3 Å². The molecule has 0 aromatic heterocycles. The monoisotopic (exact) mass is 462 g/mol. The highest BCUT2D eigenvalue weighted by atomic mass is 35.5. The first-order valence-corrected chi connectivity index (χ1v) is 11.4. The zero-order valence-corrected chi connectivity index (χ0v) is 19.7. The average molecular weight is 463 g/mol. The number of ether oxygens (including phenoxy) is 1. The first-order chi connectivity index (χ1) is 15.8. The first-order valence-electron chi connectivity index (χ1n) is 11.1. The maximum absolute atomic E-state index is 12.8. The van der Waals surface area contributed by atoms with Gasteiger partial charge in [-0.25, -0.2) is 0 Å². The Bertz CT molecular complexity index is 1160. The van der Waals surface area contributed by atoms with Crippen molar-refractivity contribution < 1.29 is 14.3 Å². The van der Waals surface area contributed by atoms with Gasteiger partial charge in [-0.3, -0.25) is 9.59 Å². The maximum atomic E-state index is 12.8. The van der Waals surface area contributed by atoms with Gasteiger partial charge in [-0.05, 0) is 78.6 Å². The molecule has 6 heteroatoms. The topological polar surface area (TPSA) is 58.6 Å². The fraction of sp³-hybridized carbons (Fsp3) is 0.259. The van der Waals surface area contributed by atoms with Crippen LogP contribution in [-0.2, 0) is 9.59 Å². The van der Waals surface area contributed by atoms with Gasteiger partial charge in [-0.2, -0.15) is 0 Å². The number of nitrogens with one attached hydrogen (secondary N) is 1. The number of carbonyl (C=O) groups is 2. The van der Waals surface area contributed by atoms with E-state index in [9.17, 15) is 9.59 Å². The molecular weight excluding hydrogens is 436 g/mol. The molecule has 1 aliphatic heterocycles. The van der Waals surface area contributed by atoms with Crippen molar-refractivity contribution in [2.45, 2.75) is 33.1 Å². The summed E-state index contributed by atoms with van der Waals surface area (Å²) in [5.74, 6) is 1.24. The second-order valence-electron chi connectivity index (χ2n) is 8.69. The number of halogens is 1. The Hall–Kier alpha value is -3.31. The summed E-state index contributed by atoms with van der Waals surface area (Å²) < 4.78 is 6.12. The number of rotatable bonds is 6. The van der Waals surface area contributed by atoms with Gasteiger partial charge in [0.05, 0.1) is 5.92 Å². The standard InChI is InChI=1S/C27H27ClN2O3/c1-17(2)24-13-4-18(3)14-25(24)33-23-11-7-21(8-12-23)29-27(32)19-15-26(31)30(16-19)22-9-5-20(28)6-10-22/h4-14,17,19H,15-16H2,1-3H3,(H,29,32)/t19-/m1/s1. The van der Waals surface area contributed by atoms with E-state index in [1.54, 1.807) is 29.2 Å². The van der Waals surface area contributed by atoms with Crippen molar-refractivity contribution in [2.75, 3.05) is 16.8 Å². The molecule has 0 aliphatic carbocycles. The predicted octanol–water partition coefficient (Wildman–Crippen LogP) is 6.56. The number of aryl methyl sites for hydroxylation is 1. The van der Waals surface area contributed by atoms with Crippen LogP contribution in [0.15, 0.2) is 66.7 Å². The summed E-state index contributed by atoms with van der Waals surface area (Å²) in [5, 5.41) is 3.53. The molecule has 0 saturated carbocycles. The number of nitrogens with zero attached hydrogens (tertiary/aromatic N) is 1. The Morgan fingerprint density at radius 3 is 2.42 bits per heavy atom. The van der Waals surface area contributed by atoms with E-state index in [1.165, 1.54) is 0 Å². The van der Waals surface area contributed by atoms with Crippen LogP contribution in [-0.4, -0.2) is 18.4 Å². The van der Waals surface area contributed by atoms with Gasteiger partial charge < -0.3 is 15.0 Å². The van der Waals surface area contributed by atoms with Crippen molar-refractivity contribution in [3.63, 3.8) is 0 Å². The Morgan fingerprint density at radius 1 is 1.06 bits per heavy atom. The summed E-state index contributed by atoms with van der Waals surface area (Å²) in [7, 11) is 0. The van der Waals surface area contributed by atoms with E-state index in [1.807, 2.05) is 37.3 Å². The maximum Gasteiger partial charge on any atom is 0.229 e. The van der Waals surface area contributed by atoms with Gasteiger partial charge >= 0.3 is 0 Å². The quantitative estimate of drug-likeness (QED) is 0.451. The number of benzene rings is 3. The molecule has 5 nitrogen and oxygen atoms in total. The molecular formula is C27H27ClN2O3. The molecule has 1 saturated heterocycles. The average Bonchev–Trinajstić information content (AvgIpc) is 3.17. The van der Waals surface area contributed by atoms with E-state index in [-0.39, 0.29) is 18.2 Å². The van der Waals surface area contributed by atoms with Gasteiger partial charge in [0.25, 0.3) is 0 Å². The van der Waals surface area contributed by atoms with E-state index in [4.69, 9.17) is 16.3 Å². The van der Waals surface area contributed by atoms with Crippen molar-refractivity contribution in [1.29, 1.82) is 0 Å². The lowest BCUT2D eigenvalue weighted by Gasteiger charge is -2.17. The van der Waals surface area contributed by atoms with Crippen LogP contribution in [0.1, 0.15) is 37.3 Å². The normalized spacial score (nSPS) is 15.7. The smallest absolute Gasteiger partial charge is 0.229 e. The molecule has 0 bridgehead atoms. The van der Waals surface area contributed by atoms with Crippen LogP contribution < -0.4 is 15.0 Å². The van der Waals surface area contributed by atoms with Crippen LogP contribution in [0.3, 0.4) is 0 Å². The van der Waals surface area contributed by atoms with E-state index >= 15 is 0 Å². The van der Waals surface area contributed by atoms with Gasteiger partial charge in [-0.1, -0.05) is 37.6 Å². The lowest BCUT2D eigenvalue weighted by molar-refractivity contribution is -0.122. The lowest BCUT2D eigenvalue weighted by Crippen LogP contribution is -2.28. The third kappa shape index (κ3) is 5.37. The molecule has 0 radical (unpaired) electrons. The number of hydrogen-bond donors (Lipinski definition) is 1. The SMILES string of the molecule is Cc1ccc(C(C)C)c(Oc2ccc(NC(=O)[C@@H]3CC(=O)N(c4ccc(Cl)cc4)C3)cc2)c1. The molecule has 2 amide bonds. The molecule has 0 unspecified atom stereocenters. The highest BCUT2D eigenvalue weighted by Crippen LogP contribution is 2.32. The Kier molecular flexibility index (Phi) is 6.70. The summed E-state index contributed by atoms with van der Waals surface area (Å²) in [6.45, 7) is 6.66. The van der Waals surface area contributed by atoms with E-state index in [0.717, 1.165) is 22.6 Å². The molecule has 1 N–H and O–H groups in total. The van der Waals surface area contributed by atoms with E-state index in [0.29, 0.717) is 28.9 Å². The summed E-state index contributed by atoms with van der Waals surface area (Å²) in [6.07, 6.45) is 0.182. The van der Waals surface area contributed by atoms with Crippen molar-refractivity contribution >= 4 is 34.8 Å². The second-order valence-corrected chi connectivity index (χ2v) is 9.13. The molecule has 3 aromatic carbocycles. The Labute approximate surface area is 199 Å². The summed E-state index contributed by atoms with van der Waals surface area (Å²) in [4.78, 5) is 26.9. The number of anilines is 2. The van der Waals surface area contributed by atoms with Crippen LogP contribution in [0.4, 0.5) is 11.4 Å². The number of amides is 2. The van der Waals surface area contributed by atoms with Gasteiger partial charge in [0.1, 0.15) is 11.5 Å². The molecule has 1 aliphatic rings. The fourth-order valence-electron chi connectivity index (χ4n) is 3.94. The minimum atomic E-state index is -0.412.